The van der Waals surface area contributed by atoms with Crippen molar-refractivity contribution in [3.8, 4) is 0 Å². The Kier molecular flexibility index (Phi) is 21.6. The van der Waals surface area contributed by atoms with Gasteiger partial charge in [0.2, 0.25) is 5.91 Å². The summed E-state index contributed by atoms with van der Waals surface area (Å²) in [4.78, 5) is 31.2. The van der Waals surface area contributed by atoms with Gasteiger partial charge in [-0.15, -0.1) is 0 Å². The zero-order valence-electron chi connectivity index (χ0n) is 17.0. The van der Waals surface area contributed by atoms with Crippen LogP contribution >= 0.6 is 0 Å². The first-order chi connectivity index (χ1) is 12.5. The molecule has 0 unspecified atom stereocenters. The van der Waals surface area contributed by atoms with Gasteiger partial charge >= 0.3 is 11.9 Å². The molecule has 0 fully saturated rings. The van der Waals surface area contributed by atoms with E-state index in [2.05, 4.69) is 48.4 Å². The van der Waals surface area contributed by atoms with E-state index < -0.39 is 5.97 Å². The maximum absolute atomic E-state index is 10.5. The van der Waals surface area contributed by atoms with Gasteiger partial charge in [0, 0.05) is 11.1 Å². The number of esters is 2. The van der Waals surface area contributed by atoms with Gasteiger partial charge in [-0.3, -0.25) is 4.79 Å². The molecule has 0 aliphatic rings. The average molecular weight is 387 g/mol. The lowest BCUT2D eigenvalue weighted by Gasteiger charge is -2.06. The Labute approximate surface area is 161 Å². The van der Waals surface area contributed by atoms with E-state index in [0.29, 0.717) is 23.7 Å². The van der Waals surface area contributed by atoms with Crippen LogP contribution in [0.1, 0.15) is 27.7 Å². The molecule has 0 aromatic carbocycles. The van der Waals surface area contributed by atoms with Crippen LogP contribution < -0.4 is 5.32 Å². The summed E-state index contributed by atoms with van der Waals surface area (Å²) >= 11 is 0. The van der Waals surface area contributed by atoms with Crippen molar-refractivity contribution in [2.75, 3.05) is 33.7 Å². The smallest absolute Gasteiger partial charge is 0.333 e. The highest BCUT2D eigenvalue weighted by atomic mass is 16.5. The van der Waals surface area contributed by atoms with Crippen molar-refractivity contribution in [2.24, 2.45) is 5.92 Å². The van der Waals surface area contributed by atoms with Gasteiger partial charge < -0.3 is 24.6 Å². The van der Waals surface area contributed by atoms with Crippen molar-refractivity contribution in [3.05, 3.63) is 37.0 Å². The Morgan fingerprint density at radius 1 is 1.11 bits per heavy atom. The van der Waals surface area contributed by atoms with Crippen molar-refractivity contribution in [1.82, 2.24) is 5.32 Å². The third kappa shape index (κ3) is 25.9. The third-order valence-electron chi connectivity index (χ3n) is 2.19. The van der Waals surface area contributed by atoms with Crippen LogP contribution in [0.5, 0.6) is 0 Å². The molecular formula is C19H33NO7. The largest absolute Gasteiger partial charge is 0.466 e. The number of carbonyl (C=O) groups excluding carboxylic acids is 3. The lowest BCUT2D eigenvalue weighted by molar-refractivity contribution is -0.140. The van der Waals surface area contributed by atoms with Crippen LogP contribution in [0.25, 0.3) is 0 Å². The van der Waals surface area contributed by atoms with E-state index in [1.54, 1.807) is 13.8 Å². The summed E-state index contributed by atoms with van der Waals surface area (Å²) in [6.07, 6.45) is 1.22. The van der Waals surface area contributed by atoms with Crippen molar-refractivity contribution in [3.63, 3.8) is 0 Å². The molecule has 156 valence electrons. The van der Waals surface area contributed by atoms with Gasteiger partial charge in [-0.25, -0.2) is 9.59 Å². The minimum atomic E-state index is -0.455. The molecule has 8 heteroatoms. The second kappa shape index (κ2) is 19.9. The fourth-order valence-corrected chi connectivity index (χ4v) is 0.925. The van der Waals surface area contributed by atoms with Crippen molar-refractivity contribution in [2.45, 2.75) is 27.7 Å². The first-order valence-electron chi connectivity index (χ1n) is 8.18. The van der Waals surface area contributed by atoms with Gasteiger partial charge in [0.1, 0.15) is 13.3 Å². The fraction of sp³-hybridized carbons (Fsp3) is 0.526. The SMILES string of the molecule is C=C(C)C(=O)OC.C=C(C)C(=O)OCCO.C=CC(=O)NCOCC(C)C. The minimum Gasteiger partial charge on any atom is -0.466 e. The second-order valence-electron chi connectivity index (χ2n) is 5.57. The monoisotopic (exact) mass is 387 g/mol. The normalized spacial score (nSPS) is 8.85. The first kappa shape index (κ1) is 29.3. The van der Waals surface area contributed by atoms with E-state index in [0.717, 1.165) is 0 Å². The third-order valence-corrected chi connectivity index (χ3v) is 2.19. The lowest BCUT2D eigenvalue weighted by atomic mass is 10.2. The van der Waals surface area contributed by atoms with E-state index in [-0.39, 0.29) is 31.8 Å². The molecule has 0 saturated heterocycles. The van der Waals surface area contributed by atoms with Crippen LogP contribution in [0.3, 0.4) is 0 Å². The molecular weight excluding hydrogens is 354 g/mol. The van der Waals surface area contributed by atoms with E-state index in [1.807, 2.05) is 0 Å². The van der Waals surface area contributed by atoms with Gasteiger partial charge in [-0.05, 0) is 25.8 Å². The molecule has 0 saturated carbocycles. The topological polar surface area (TPSA) is 111 Å². The lowest BCUT2D eigenvalue weighted by Crippen LogP contribution is -2.24. The number of aliphatic hydroxyl groups is 1. The fourth-order valence-electron chi connectivity index (χ4n) is 0.925. The van der Waals surface area contributed by atoms with Crippen LogP contribution in [0.4, 0.5) is 0 Å². The average Bonchev–Trinajstić information content (AvgIpc) is 2.62. The standard InChI is InChI=1S/C8H15NO2.C6H10O3.C5H8O2/c1-4-8(10)9-6-11-5-7(2)3;1-5(2)6(8)9-4-3-7;1-4(2)5(6)7-3/h4,7H,1,5-6H2,2-3H3,(H,9,10);7H,1,3-4H2,2H3;1H2,2-3H3. The Morgan fingerprint density at radius 3 is 1.93 bits per heavy atom. The molecule has 2 N–H and O–H groups in total. The maximum Gasteiger partial charge on any atom is 0.333 e. The maximum atomic E-state index is 10.5. The Morgan fingerprint density at radius 2 is 1.63 bits per heavy atom. The zero-order valence-corrected chi connectivity index (χ0v) is 17.0. The molecule has 0 atom stereocenters. The number of nitrogens with one attached hydrogen (secondary N) is 1. The second-order valence-corrected chi connectivity index (χ2v) is 5.57. The number of carbonyl (C=O) groups is 3. The molecule has 8 nitrogen and oxygen atoms in total. The number of aliphatic hydroxyl groups excluding tert-OH is 1. The Balaban J connectivity index is -0.000000329. The Bertz CT molecular complexity index is 484. The minimum absolute atomic E-state index is 0.0473. The van der Waals surface area contributed by atoms with Crippen LogP contribution in [-0.4, -0.2) is 56.6 Å². The zero-order chi connectivity index (χ0) is 21.8. The van der Waals surface area contributed by atoms with Crippen molar-refractivity contribution in [1.29, 1.82) is 0 Å². The molecule has 0 bridgehead atoms. The molecule has 0 rings (SSSR count). The molecule has 0 heterocycles. The molecule has 1 amide bonds. The molecule has 0 aromatic heterocycles. The number of ether oxygens (including phenoxy) is 3. The quantitative estimate of drug-likeness (QED) is 0.268. The summed E-state index contributed by atoms with van der Waals surface area (Å²) in [5.74, 6) is -0.506. The number of rotatable bonds is 9. The number of amides is 1. The number of hydrogen-bond acceptors (Lipinski definition) is 7. The van der Waals surface area contributed by atoms with Crippen LogP contribution in [0.2, 0.25) is 0 Å². The highest BCUT2D eigenvalue weighted by molar-refractivity contribution is 5.87. The molecule has 0 aliphatic carbocycles. The molecule has 0 radical (unpaired) electrons. The molecule has 27 heavy (non-hydrogen) atoms. The summed E-state index contributed by atoms with van der Waals surface area (Å²) in [6.45, 7) is 18.1. The molecule has 0 aliphatic heterocycles. The highest BCUT2D eigenvalue weighted by Gasteiger charge is 2.00. The highest BCUT2D eigenvalue weighted by Crippen LogP contribution is 1.91. The predicted molar refractivity (Wildman–Crippen MR) is 104 cm³/mol. The summed E-state index contributed by atoms with van der Waals surface area (Å²) < 4.78 is 13.8. The Hall–Kier alpha value is -2.45. The van der Waals surface area contributed by atoms with Crippen LogP contribution in [0, 0.1) is 5.92 Å². The first-order valence-corrected chi connectivity index (χ1v) is 8.18. The van der Waals surface area contributed by atoms with Crippen LogP contribution in [0.15, 0.2) is 37.0 Å². The van der Waals surface area contributed by atoms with Gasteiger partial charge in [0.15, 0.2) is 0 Å². The van der Waals surface area contributed by atoms with Gasteiger partial charge in [0.05, 0.1) is 20.3 Å². The predicted octanol–water partition coefficient (Wildman–Crippen LogP) is 1.75. The van der Waals surface area contributed by atoms with Gasteiger partial charge in [-0.2, -0.15) is 0 Å². The van der Waals surface area contributed by atoms with E-state index in [9.17, 15) is 14.4 Å². The van der Waals surface area contributed by atoms with E-state index >= 15 is 0 Å². The van der Waals surface area contributed by atoms with Gasteiger partial charge in [-0.1, -0.05) is 33.6 Å². The summed E-state index contributed by atoms with van der Waals surface area (Å²) in [6, 6.07) is 0. The van der Waals surface area contributed by atoms with Crippen LogP contribution in [-0.2, 0) is 28.6 Å². The number of hydrogen-bond donors (Lipinski definition) is 2. The molecule has 0 aromatic rings. The molecule has 0 spiro atoms. The van der Waals surface area contributed by atoms with Crippen molar-refractivity contribution < 1.29 is 33.7 Å². The number of methoxy groups -OCH3 is 1. The summed E-state index contributed by atoms with van der Waals surface area (Å²) in [5, 5.41) is 10.7. The summed E-state index contributed by atoms with van der Waals surface area (Å²) in [5.41, 5.74) is 0.783. The van der Waals surface area contributed by atoms with E-state index in [1.165, 1.54) is 13.2 Å². The van der Waals surface area contributed by atoms with E-state index in [4.69, 9.17) is 9.84 Å². The van der Waals surface area contributed by atoms with Gasteiger partial charge in [0.25, 0.3) is 0 Å². The van der Waals surface area contributed by atoms with Crippen molar-refractivity contribution >= 4 is 17.8 Å². The summed E-state index contributed by atoms with van der Waals surface area (Å²) in [7, 11) is 1.33.